The summed E-state index contributed by atoms with van der Waals surface area (Å²) in [6, 6.07) is 13.0. The van der Waals surface area contributed by atoms with Gasteiger partial charge in [0, 0.05) is 0 Å². The third-order valence-corrected chi connectivity index (χ3v) is 4.71. The first-order valence-electron chi connectivity index (χ1n) is 7.64. The first-order valence-corrected chi connectivity index (χ1v) is 8.46. The third kappa shape index (κ3) is 3.39. The van der Waals surface area contributed by atoms with E-state index < -0.39 is 0 Å². The Morgan fingerprint density at radius 1 is 1.04 bits per heavy atom. The highest BCUT2D eigenvalue weighted by atomic mass is 32.2. The highest BCUT2D eigenvalue weighted by Crippen LogP contribution is 2.36. The summed E-state index contributed by atoms with van der Waals surface area (Å²) in [4.78, 5) is 14.6. The normalized spacial score (nSPS) is 15.8. The van der Waals surface area contributed by atoms with Gasteiger partial charge in [-0.25, -0.2) is 0 Å². The van der Waals surface area contributed by atoms with Crippen molar-refractivity contribution in [1.82, 2.24) is 0 Å². The first kappa shape index (κ1) is 17.1. The average molecular weight is 354 g/mol. The number of amidine groups is 1. The Morgan fingerprint density at radius 2 is 1.72 bits per heavy atom. The van der Waals surface area contributed by atoms with Gasteiger partial charge in [-0.15, -0.1) is 0 Å². The summed E-state index contributed by atoms with van der Waals surface area (Å²) < 4.78 is 10.5. The van der Waals surface area contributed by atoms with Gasteiger partial charge in [-0.05, 0) is 54.6 Å². The van der Waals surface area contributed by atoms with E-state index in [9.17, 15) is 4.79 Å². The molecule has 1 saturated heterocycles. The first-order chi connectivity index (χ1) is 12.0. The van der Waals surface area contributed by atoms with Gasteiger partial charge in [0.25, 0.3) is 5.91 Å². The Kier molecular flexibility index (Phi) is 4.81. The fourth-order valence-electron chi connectivity index (χ4n) is 2.51. The Labute approximate surface area is 150 Å². The molecular formula is C19H18N2O3S. The lowest BCUT2D eigenvalue weighted by Crippen LogP contribution is -2.28. The summed E-state index contributed by atoms with van der Waals surface area (Å²) in [5.41, 5.74) is 2.62. The molecule has 0 spiro atoms. The van der Waals surface area contributed by atoms with Crippen molar-refractivity contribution >= 4 is 34.6 Å². The number of amides is 1. The van der Waals surface area contributed by atoms with Crippen LogP contribution in [0, 0.1) is 12.3 Å². The number of rotatable bonds is 4. The molecule has 0 aromatic heterocycles. The predicted octanol–water partition coefficient (Wildman–Crippen LogP) is 4.07. The van der Waals surface area contributed by atoms with Crippen molar-refractivity contribution in [3.63, 3.8) is 0 Å². The van der Waals surface area contributed by atoms with Crippen LogP contribution in [0.25, 0.3) is 6.08 Å². The Hall–Kier alpha value is -2.73. The molecule has 1 aliphatic heterocycles. The second kappa shape index (κ2) is 7.03. The molecule has 1 aliphatic rings. The van der Waals surface area contributed by atoms with Crippen molar-refractivity contribution in [2.24, 2.45) is 0 Å². The molecule has 5 nitrogen and oxygen atoms in total. The van der Waals surface area contributed by atoms with Crippen molar-refractivity contribution < 1.29 is 14.3 Å². The van der Waals surface area contributed by atoms with Crippen molar-refractivity contribution in [3.05, 3.63) is 58.5 Å². The van der Waals surface area contributed by atoms with Crippen LogP contribution in [0.15, 0.2) is 47.4 Å². The van der Waals surface area contributed by atoms with E-state index >= 15 is 0 Å². The molecule has 6 heteroatoms. The van der Waals surface area contributed by atoms with Gasteiger partial charge < -0.3 is 9.47 Å². The summed E-state index contributed by atoms with van der Waals surface area (Å²) in [7, 11) is 3.15. The fourth-order valence-corrected chi connectivity index (χ4v) is 3.37. The van der Waals surface area contributed by atoms with E-state index in [1.54, 1.807) is 32.4 Å². The van der Waals surface area contributed by atoms with Crippen LogP contribution in [0.1, 0.15) is 11.1 Å². The highest BCUT2D eigenvalue weighted by molar-refractivity contribution is 8.19. The minimum Gasteiger partial charge on any atom is -0.493 e. The minimum absolute atomic E-state index is 0.195. The summed E-state index contributed by atoms with van der Waals surface area (Å²) in [5, 5.41) is 8.34. The number of benzene rings is 2. The number of nitrogens with one attached hydrogen (secondary N) is 1. The van der Waals surface area contributed by atoms with Gasteiger partial charge in [0.05, 0.1) is 24.8 Å². The SMILES string of the molecule is COc1ccc(/C=C2\SC(=N)N(c3ccc(C)cc3)C2=O)cc1OC. The lowest BCUT2D eigenvalue weighted by molar-refractivity contribution is -0.113. The van der Waals surface area contributed by atoms with Crippen LogP contribution < -0.4 is 14.4 Å². The zero-order chi connectivity index (χ0) is 18.0. The standard InChI is InChI=1S/C19H18N2O3S/c1-12-4-7-14(8-5-12)21-18(22)17(25-19(21)20)11-13-6-9-15(23-2)16(10-13)24-3/h4-11,20H,1-3H3/b17-11-,20-19?. The third-order valence-electron chi connectivity index (χ3n) is 3.82. The molecular weight excluding hydrogens is 336 g/mol. The lowest BCUT2D eigenvalue weighted by Gasteiger charge is -2.14. The van der Waals surface area contributed by atoms with E-state index in [2.05, 4.69) is 0 Å². The highest BCUT2D eigenvalue weighted by Gasteiger charge is 2.33. The monoisotopic (exact) mass is 354 g/mol. The molecule has 1 N–H and O–H groups in total. The zero-order valence-corrected chi connectivity index (χ0v) is 15.0. The van der Waals surface area contributed by atoms with Crippen LogP contribution in [-0.4, -0.2) is 25.3 Å². The van der Waals surface area contributed by atoms with Crippen LogP contribution >= 0.6 is 11.8 Å². The van der Waals surface area contributed by atoms with E-state index in [0.29, 0.717) is 22.1 Å². The molecule has 0 saturated carbocycles. The maximum absolute atomic E-state index is 12.7. The summed E-state index contributed by atoms with van der Waals surface area (Å²) >= 11 is 1.15. The number of nitrogens with zero attached hydrogens (tertiary/aromatic N) is 1. The van der Waals surface area contributed by atoms with Crippen LogP contribution in [0.3, 0.4) is 0 Å². The molecule has 0 atom stereocenters. The number of carbonyl (C=O) groups is 1. The molecule has 1 amide bonds. The average Bonchev–Trinajstić information content (AvgIpc) is 2.89. The smallest absolute Gasteiger partial charge is 0.271 e. The van der Waals surface area contributed by atoms with E-state index in [1.807, 2.05) is 37.3 Å². The maximum atomic E-state index is 12.7. The van der Waals surface area contributed by atoms with Crippen molar-refractivity contribution in [2.75, 3.05) is 19.1 Å². The number of ether oxygens (including phenoxy) is 2. The largest absolute Gasteiger partial charge is 0.493 e. The van der Waals surface area contributed by atoms with Crippen molar-refractivity contribution in [3.8, 4) is 11.5 Å². The number of anilines is 1. The number of aryl methyl sites for hydroxylation is 1. The molecule has 1 fully saturated rings. The van der Waals surface area contributed by atoms with Gasteiger partial charge in [-0.2, -0.15) is 0 Å². The Balaban J connectivity index is 1.91. The molecule has 128 valence electrons. The van der Waals surface area contributed by atoms with Gasteiger partial charge in [0.2, 0.25) is 0 Å². The van der Waals surface area contributed by atoms with E-state index in [1.165, 1.54) is 4.90 Å². The summed E-state index contributed by atoms with van der Waals surface area (Å²) in [5.74, 6) is 1.02. The lowest BCUT2D eigenvalue weighted by atomic mass is 10.1. The molecule has 0 unspecified atom stereocenters. The number of carbonyl (C=O) groups excluding carboxylic acids is 1. The molecule has 2 aromatic rings. The molecule has 0 bridgehead atoms. The van der Waals surface area contributed by atoms with Crippen molar-refractivity contribution in [2.45, 2.75) is 6.92 Å². The molecule has 1 heterocycles. The summed E-state index contributed by atoms with van der Waals surface area (Å²) in [6.45, 7) is 1.98. The van der Waals surface area contributed by atoms with E-state index in [4.69, 9.17) is 14.9 Å². The maximum Gasteiger partial charge on any atom is 0.271 e. The van der Waals surface area contributed by atoms with Gasteiger partial charge in [0.1, 0.15) is 0 Å². The van der Waals surface area contributed by atoms with Crippen molar-refractivity contribution in [1.29, 1.82) is 5.41 Å². The summed E-state index contributed by atoms with van der Waals surface area (Å²) in [6.07, 6.45) is 1.76. The second-order valence-corrected chi connectivity index (χ2v) is 6.54. The van der Waals surface area contributed by atoms with Gasteiger partial charge in [-0.3, -0.25) is 15.1 Å². The number of hydrogen-bond acceptors (Lipinski definition) is 5. The van der Waals surface area contributed by atoms with Gasteiger partial charge in [0.15, 0.2) is 16.7 Å². The van der Waals surface area contributed by atoms with Crippen LogP contribution in [0.5, 0.6) is 11.5 Å². The van der Waals surface area contributed by atoms with Crippen LogP contribution in [0.4, 0.5) is 5.69 Å². The Morgan fingerprint density at radius 3 is 2.36 bits per heavy atom. The predicted molar refractivity (Wildman–Crippen MR) is 102 cm³/mol. The van der Waals surface area contributed by atoms with Crippen LogP contribution in [-0.2, 0) is 4.79 Å². The van der Waals surface area contributed by atoms with E-state index in [0.717, 1.165) is 22.9 Å². The number of thioether (sulfide) groups is 1. The van der Waals surface area contributed by atoms with Gasteiger partial charge in [-0.1, -0.05) is 23.8 Å². The quantitative estimate of drug-likeness (QED) is 0.841. The topological polar surface area (TPSA) is 62.6 Å². The Bertz CT molecular complexity index is 859. The minimum atomic E-state index is -0.200. The van der Waals surface area contributed by atoms with E-state index in [-0.39, 0.29) is 11.1 Å². The second-order valence-electron chi connectivity index (χ2n) is 5.51. The number of hydrogen-bond donors (Lipinski definition) is 1. The molecule has 2 aromatic carbocycles. The number of methoxy groups -OCH3 is 2. The van der Waals surface area contributed by atoms with Gasteiger partial charge >= 0.3 is 0 Å². The zero-order valence-electron chi connectivity index (χ0n) is 14.2. The fraction of sp³-hybridized carbons (Fsp3) is 0.158. The molecule has 0 radical (unpaired) electrons. The molecule has 25 heavy (non-hydrogen) atoms. The molecule has 3 rings (SSSR count). The molecule has 0 aliphatic carbocycles. The van der Waals surface area contributed by atoms with Crippen LogP contribution in [0.2, 0.25) is 0 Å².